The number of nitrogens with zero attached hydrogens (tertiary/aromatic N) is 2. The molecule has 1 fully saturated rings. The van der Waals surface area contributed by atoms with Crippen LogP contribution in [0.4, 0.5) is 0 Å². The number of H-pyrrole nitrogens is 1. The summed E-state index contributed by atoms with van der Waals surface area (Å²) >= 11 is 0. The third-order valence-electron chi connectivity index (χ3n) is 3.59. The Morgan fingerprint density at radius 2 is 2.21 bits per heavy atom. The van der Waals surface area contributed by atoms with Gasteiger partial charge in [0.05, 0.1) is 11.0 Å². The largest absolute Gasteiger partial charge is 0.342 e. The lowest BCUT2D eigenvalue weighted by molar-refractivity contribution is -0.128. The molecule has 0 saturated carbocycles. The van der Waals surface area contributed by atoms with E-state index in [1.54, 1.807) is 0 Å². The van der Waals surface area contributed by atoms with Gasteiger partial charge in [-0.2, -0.15) is 0 Å². The highest BCUT2D eigenvalue weighted by molar-refractivity contribution is 5.80. The van der Waals surface area contributed by atoms with Crippen molar-refractivity contribution in [2.75, 3.05) is 13.1 Å². The first-order valence-electron chi connectivity index (χ1n) is 6.86. The van der Waals surface area contributed by atoms with Crippen molar-refractivity contribution < 1.29 is 4.79 Å². The van der Waals surface area contributed by atoms with Gasteiger partial charge in [0.15, 0.2) is 0 Å². The molecule has 1 N–H and O–H groups in total. The fourth-order valence-corrected chi connectivity index (χ4v) is 2.74. The van der Waals surface area contributed by atoms with Gasteiger partial charge in [0.2, 0.25) is 5.91 Å². The molecule has 0 spiro atoms. The van der Waals surface area contributed by atoms with Gasteiger partial charge in [-0.1, -0.05) is 26.0 Å². The monoisotopic (exact) mass is 257 g/mol. The molecule has 1 aromatic carbocycles. The molecule has 0 radical (unpaired) electrons. The number of hydrogen-bond donors (Lipinski definition) is 1. The predicted octanol–water partition coefficient (Wildman–Crippen LogP) is 2.53. The summed E-state index contributed by atoms with van der Waals surface area (Å²) in [6, 6.07) is 8.00. The molecule has 100 valence electrons. The molecule has 0 bridgehead atoms. The number of carbonyl (C=O) groups excluding carboxylic acids is 1. The summed E-state index contributed by atoms with van der Waals surface area (Å²) in [5.74, 6) is 1.91. The first kappa shape index (κ1) is 12.2. The van der Waals surface area contributed by atoms with E-state index in [9.17, 15) is 4.79 Å². The molecule has 1 aromatic heterocycles. The summed E-state index contributed by atoms with van der Waals surface area (Å²) in [4.78, 5) is 21.9. The summed E-state index contributed by atoms with van der Waals surface area (Å²) in [5.41, 5.74) is 2.03. The maximum atomic E-state index is 12.0. The van der Waals surface area contributed by atoms with Gasteiger partial charge >= 0.3 is 0 Å². The fourth-order valence-electron chi connectivity index (χ4n) is 2.74. The number of para-hydroxylation sites is 2. The van der Waals surface area contributed by atoms with Crippen LogP contribution in [0.5, 0.6) is 0 Å². The molecule has 2 heterocycles. The van der Waals surface area contributed by atoms with Gasteiger partial charge in [0.25, 0.3) is 0 Å². The molecule has 1 aliphatic heterocycles. The summed E-state index contributed by atoms with van der Waals surface area (Å²) in [7, 11) is 0. The van der Waals surface area contributed by atoms with E-state index < -0.39 is 0 Å². The van der Waals surface area contributed by atoms with E-state index in [0.29, 0.717) is 12.3 Å². The van der Waals surface area contributed by atoms with E-state index >= 15 is 0 Å². The smallest absolute Gasteiger partial charge is 0.223 e. The molecule has 1 aliphatic rings. The number of likely N-dealkylation sites (tertiary alicyclic amines) is 1. The van der Waals surface area contributed by atoms with Crippen LogP contribution < -0.4 is 0 Å². The van der Waals surface area contributed by atoms with Crippen molar-refractivity contribution in [3.63, 3.8) is 0 Å². The summed E-state index contributed by atoms with van der Waals surface area (Å²) in [5, 5.41) is 0. The highest BCUT2D eigenvalue weighted by atomic mass is 16.2. The van der Waals surface area contributed by atoms with Crippen LogP contribution in [0.2, 0.25) is 0 Å². The lowest BCUT2D eigenvalue weighted by atomic mass is 10.1. The van der Waals surface area contributed by atoms with E-state index in [2.05, 4.69) is 23.8 Å². The Morgan fingerprint density at radius 3 is 2.95 bits per heavy atom. The quantitative estimate of drug-likeness (QED) is 0.918. The first-order chi connectivity index (χ1) is 9.13. The predicted molar refractivity (Wildman–Crippen MR) is 74.9 cm³/mol. The van der Waals surface area contributed by atoms with E-state index in [4.69, 9.17) is 0 Å². The number of nitrogens with one attached hydrogen (secondary N) is 1. The van der Waals surface area contributed by atoms with Crippen LogP contribution >= 0.6 is 0 Å². The van der Waals surface area contributed by atoms with Gasteiger partial charge in [-0.05, 0) is 18.1 Å². The van der Waals surface area contributed by atoms with Crippen LogP contribution in [0.15, 0.2) is 24.3 Å². The zero-order chi connectivity index (χ0) is 13.4. The van der Waals surface area contributed by atoms with Gasteiger partial charge in [-0.3, -0.25) is 4.79 Å². The van der Waals surface area contributed by atoms with Crippen molar-refractivity contribution in [1.29, 1.82) is 0 Å². The number of amides is 1. The van der Waals surface area contributed by atoms with Crippen molar-refractivity contribution >= 4 is 16.9 Å². The standard InChI is InChI=1S/C15H19N3O/c1-10(2)8-18-9-11(7-14(18)19)15-16-12-5-3-4-6-13(12)17-15/h3-6,10-11H,7-9H2,1-2H3,(H,16,17)/t11-/m1/s1. The minimum atomic E-state index is 0.207. The normalized spacial score (nSPS) is 19.8. The van der Waals surface area contributed by atoms with Crippen LogP contribution in [0.25, 0.3) is 11.0 Å². The second-order valence-electron chi connectivity index (χ2n) is 5.73. The summed E-state index contributed by atoms with van der Waals surface area (Å²) < 4.78 is 0. The molecule has 2 aromatic rings. The van der Waals surface area contributed by atoms with Crippen molar-refractivity contribution in [2.45, 2.75) is 26.2 Å². The van der Waals surface area contributed by atoms with E-state index in [1.807, 2.05) is 29.2 Å². The maximum absolute atomic E-state index is 12.0. The number of aromatic nitrogens is 2. The molecular formula is C15H19N3O. The van der Waals surface area contributed by atoms with Crippen LogP contribution in [0, 0.1) is 5.92 Å². The molecule has 1 saturated heterocycles. The van der Waals surface area contributed by atoms with Crippen LogP contribution in [-0.2, 0) is 4.79 Å². The third kappa shape index (κ3) is 2.35. The van der Waals surface area contributed by atoms with Gasteiger partial charge in [-0.15, -0.1) is 0 Å². The molecule has 4 nitrogen and oxygen atoms in total. The number of aromatic amines is 1. The second-order valence-corrected chi connectivity index (χ2v) is 5.73. The maximum Gasteiger partial charge on any atom is 0.223 e. The molecule has 19 heavy (non-hydrogen) atoms. The summed E-state index contributed by atoms with van der Waals surface area (Å²) in [6.45, 7) is 5.91. The van der Waals surface area contributed by atoms with Gasteiger partial charge < -0.3 is 9.88 Å². The van der Waals surface area contributed by atoms with Crippen molar-refractivity contribution in [2.24, 2.45) is 5.92 Å². The van der Waals surface area contributed by atoms with Gasteiger partial charge in [-0.25, -0.2) is 4.98 Å². The van der Waals surface area contributed by atoms with Gasteiger partial charge in [0.1, 0.15) is 5.82 Å². The number of carbonyl (C=O) groups is 1. The Balaban J connectivity index is 1.81. The van der Waals surface area contributed by atoms with Crippen LogP contribution in [-0.4, -0.2) is 33.9 Å². The van der Waals surface area contributed by atoms with E-state index in [0.717, 1.165) is 29.9 Å². The third-order valence-corrected chi connectivity index (χ3v) is 3.59. The Kier molecular flexibility index (Phi) is 3.01. The average Bonchev–Trinajstić information content (AvgIpc) is 2.93. The SMILES string of the molecule is CC(C)CN1C[C@H](c2nc3ccccc3[nH]2)CC1=O. The Bertz CT molecular complexity index is 569. The Labute approximate surface area is 112 Å². The van der Waals surface area contributed by atoms with E-state index in [1.165, 1.54) is 0 Å². The Hall–Kier alpha value is -1.84. The topological polar surface area (TPSA) is 49.0 Å². The average molecular weight is 257 g/mol. The second kappa shape index (κ2) is 4.68. The number of hydrogen-bond acceptors (Lipinski definition) is 2. The van der Waals surface area contributed by atoms with Crippen LogP contribution in [0.1, 0.15) is 32.0 Å². The first-order valence-corrected chi connectivity index (χ1v) is 6.86. The van der Waals surface area contributed by atoms with Gasteiger partial charge in [0, 0.05) is 25.4 Å². The number of rotatable bonds is 3. The van der Waals surface area contributed by atoms with Crippen molar-refractivity contribution in [1.82, 2.24) is 14.9 Å². The zero-order valence-corrected chi connectivity index (χ0v) is 11.4. The molecule has 1 amide bonds. The fraction of sp³-hybridized carbons (Fsp3) is 0.467. The number of benzene rings is 1. The highest BCUT2D eigenvalue weighted by Crippen LogP contribution is 2.28. The molecule has 4 heteroatoms. The number of imidazole rings is 1. The van der Waals surface area contributed by atoms with Crippen LogP contribution in [0.3, 0.4) is 0 Å². The van der Waals surface area contributed by atoms with E-state index in [-0.39, 0.29) is 11.8 Å². The van der Waals surface area contributed by atoms with Crippen molar-refractivity contribution in [3.8, 4) is 0 Å². The highest BCUT2D eigenvalue weighted by Gasteiger charge is 2.32. The molecule has 0 aliphatic carbocycles. The minimum Gasteiger partial charge on any atom is -0.342 e. The summed E-state index contributed by atoms with van der Waals surface area (Å²) in [6.07, 6.45) is 0.576. The minimum absolute atomic E-state index is 0.207. The molecular weight excluding hydrogens is 238 g/mol. The lowest BCUT2D eigenvalue weighted by Crippen LogP contribution is -2.29. The number of fused-ring (bicyclic) bond motifs is 1. The molecule has 3 rings (SSSR count). The lowest BCUT2D eigenvalue weighted by Gasteiger charge is -2.18. The molecule has 0 unspecified atom stereocenters. The molecule has 1 atom stereocenters. The zero-order valence-electron chi connectivity index (χ0n) is 11.4. The van der Waals surface area contributed by atoms with Crippen molar-refractivity contribution in [3.05, 3.63) is 30.1 Å². The Morgan fingerprint density at radius 1 is 1.42 bits per heavy atom.